The molecule has 0 aliphatic carbocycles. The van der Waals surface area contributed by atoms with Crippen molar-refractivity contribution in [2.24, 2.45) is 5.92 Å². The molecule has 1 aliphatic heterocycles. The van der Waals surface area contributed by atoms with Gasteiger partial charge in [-0.1, -0.05) is 25.4 Å². The van der Waals surface area contributed by atoms with Crippen LogP contribution in [0.5, 0.6) is 5.75 Å². The van der Waals surface area contributed by atoms with Gasteiger partial charge in [0.15, 0.2) is 0 Å². The van der Waals surface area contributed by atoms with Crippen LogP contribution in [0.3, 0.4) is 0 Å². The van der Waals surface area contributed by atoms with Crippen molar-refractivity contribution in [3.05, 3.63) is 34.5 Å². The fraction of sp³-hybridized carbons (Fsp3) is 0.560. The number of aromatic nitrogens is 2. The normalized spacial score (nSPS) is 15.1. The van der Waals surface area contributed by atoms with E-state index in [-0.39, 0.29) is 17.9 Å². The van der Waals surface area contributed by atoms with Crippen LogP contribution in [0, 0.1) is 12.8 Å². The number of halogens is 1. The van der Waals surface area contributed by atoms with E-state index in [9.17, 15) is 4.79 Å². The quantitative estimate of drug-likeness (QED) is 0.478. The van der Waals surface area contributed by atoms with Crippen molar-refractivity contribution in [3.8, 4) is 5.75 Å². The molecular formula is C25H36ClN5O3. The number of nitrogen functional groups attached to an aromatic ring is 1. The summed E-state index contributed by atoms with van der Waals surface area (Å²) in [6, 6.07) is 4.19. The zero-order chi connectivity index (χ0) is 24.8. The van der Waals surface area contributed by atoms with Gasteiger partial charge in [0.25, 0.3) is 0 Å². The molecule has 2 aromatic rings. The van der Waals surface area contributed by atoms with E-state index < -0.39 is 0 Å². The van der Waals surface area contributed by atoms with Gasteiger partial charge >= 0.3 is 5.97 Å². The zero-order valence-electron chi connectivity index (χ0n) is 20.7. The van der Waals surface area contributed by atoms with Crippen LogP contribution in [0.2, 0.25) is 5.02 Å². The van der Waals surface area contributed by atoms with Crippen LogP contribution >= 0.6 is 11.6 Å². The molecule has 2 heterocycles. The molecule has 0 amide bonds. The van der Waals surface area contributed by atoms with Gasteiger partial charge in [-0.05, 0) is 81.8 Å². The zero-order valence-corrected chi connectivity index (χ0v) is 21.5. The molecule has 1 aliphatic rings. The number of carbonyl (C=O) groups is 1. The number of nitrogens with two attached hydrogens (primary N) is 1. The van der Waals surface area contributed by atoms with E-state index in [1.54, 1.807) is 0 Å². The van der Waals surface area contributed by atoms with E-state index >= 15 is 0 Å². The average Bonchev–Trinajstić information content (AvgIpc) is 2.77. The molecule has 0 spiro atoms. The van der Waals surface area contributed by atoms with E-state index in [0.29, 0.717) is 36.0 Å². The van der Waals surface area contributed by atoms with Crippen molar-refractivity contribution < 1.29 is 14.3 Å². The molecule has 0 radical (unpaired) electrons. The number of piperidine rings is 1. The third-order valence-corrected chi connectivity index (χ3v) is 6.00. The number of benzene rings is 1. The van der Waals surface area contributed by atoms with Crippen molar-refractivity contribution in [2.45, 2.75) is 59.5 Å². The first-order valence-corrected chi connectivity index (χ1v) is 12.2. The number of carbonyl (C=O) groups excluding carboxylic acids is 1. The summed E-state index contributed by atoms with van der Waals surface area (Å²) in [5.41, 5.74) is 9.03. The van der Waals surface area contributed by atoms with Crippen LogP contribution in [-0.4, -0.2) is 53.2 Å². The van der Waals surface area contributed by atoms with Gasteiger partial charge in [0.2, 0.25) is 5.95 Å². The fourth-order valence-electron chi connectivity index (χ4n) is 4.04. The molecule has 186 valence electrons. The predicted molar refractivity (Wildman–Crippen MR) is 136 cm³/mol. The Morgan fingerprint density at radius 2 is 1.97 bits per heavy atom. The Bertz CT molecular complexity index is 991. The van der Waals surface area contributed by atoms with Gasteiger partial charge in [0.1, 0.15) is 16.6 Å². The maximum atomic E-state index is 12.1. The smallest absolute Gasteiger partial charge is 0.320 e. The van der Waals surface area contributed by atoms with Crippen molar-refractivity contribution in [3.63, 3.8) is 0 Å². The van der Waals surface area contributed by atoms with Gasteiger partial charge in [-0.2, -0.15) is 4.98 Å². The highest BCUT2D eigenvalue weighted by Crippen LogP contribution is 2.38. The molecule has 1 saturated heterocycles. The number of hydrogen-bond donors (Lipinski definition) is 2. The van der Waals surface area contributed by atoms with Crippen LogP contribution in [0.15, 0.2) is 18.3 Å². The summed E-state index contributed by atoms with van der Waals surface area (Å²) in [5.74, 6) is 1.93. The molecule has 34 heavy (non-hydrogen) atoms. The van der Waals surface area contributed by atoms with Gasteiger partial charge < -0.3 is 20.5 Å². The number of anilines is 3. The number of likely N-dealkylation sites (tertiary alicyclic amines) is 1. The van der Waals surface area contributed by atoms with Crippen LogP contribution < -0.4 is 15.8 Å². The summed E-state index contributed by atoms with van der Waals surface area (Å²) in [7, 11) is 0. The van der Waals surface area contributed by atoms with Gasteiger partial charge in [-0.25, -0.2) is 4.98 Å². The maximum absolute atomic E-state index is 12.1. The topological polar surface area (TPSA) is 103 Å². The van der Waals surface area contributed by atoms with E-state index in [0.717, 1.165) is 42.9 Å². The Morgan fingerprint density at radius 1 is 1.26 bits per heavy atom. The number of esters is 1. The highest BCUT2D eigenvalue weighted by molar-refractivity contribution is 6.32. The van der Waals surface area contributed by atoms with Crippen LogP contribution in [0.25, 0.3) is 0 Å². The molecule has 8 nitrogen and oxygen atoms in total. The van der Waals surface area contributed by atoms with Crippen LogP contribution in [0.1, 0.15) is 57.6 Å². The lowest BCUT2D eigenvalue weighted by Gasteiger charge is -2.32. The lowest BCUT2D eigenvalue weighted by Crippen LogP contribution is -2.37. The summed E-state index contributed by atoms with van der Waals surface area (Å²) in [4.78, 5) is 22.7. The molecule has 0 saturated carbocycles. The predicted octanol–water partition coefficient (Wildman–Crippen LogP) is 4.93. The third-order valence-electron chi connectivity index (χ3n) is 5.71. The van der Waals surface area contributed by atoms with E-state index in [1.165, 1.54) is 11.8 Å². The molecule has 3 rings (SSSR count). The number of ether oxygens (including phenoxy) is 2. The molecule has 0 bridgehead atoms. The number of aryl methyl sites for hydroxylation is 1. The Balaban J connectivity index is 1.71. The Hall–Kier alpha value is -2.58. The number of hydrogen-bond acceptors (Lipinski definition) is 8. The van der Waals surface area contributed by atoms with Crippen LogP contribution in [0.4, 0.5) is 17.5 Å². The lowest BCUT2D eigenvalue weighted by atomic mass is 9.86. The van der Waals surface area contributed by atoms with Crippen molar-refractivity contribution in [1.82, 2.24) is 14.9 Å². The van der Waals surface area contributed by atoms with E-state index in [4.69, 9.17) is 26.8 Å². The van der Waals surface area contributed by atoms with E-state index in [2.05, 4.69) is 39.2 Å². The van der Waals surface area contributed by atoms with E-state index in [1.807, 2.05) is 27.7 Å². The maximum Gasteiger partial charge on any atom is 0.320 e. The SMILES string of the molecule is Cc1cc(Nc2ncc(Cl)c(N)n2)c(OC(C)C)cc1C1CCN(CC(=O)OCC(C)C)CC1. The first-order valence-electron chi connectivity index (χ1n) is 11.9. The lowest BCUT2D eigenvalue weighted by molar-refractivity contribution is -0.146. The Morgan fingerprint density at radius 3 is 2.59 bits per heavy atom. The highest BCUT2D eigenvalue weighted by atomic mass is 35.5. The van der Waals surface area contributed by atoms with Gasteiger partial charge in [0, 0.05) is 0 Å². The Labute approximate surface area is 207 Å². The monoisotopic (exact) mass is 489 g/mol. The summed E-state index contributed by atoms with van der Waals surface area (Å²) in [6.07, 6.45) is 3.43. The minimum absolute atomic E-state index is 0.00557. The minimum Gasteiger partial charge on any atom is -0.489 e. The highest BCUT2D eigenvalue weighted by Gasteiger charge is 2.25. The summed E-state index contributed by atoms with van der Waals surface area (Å²) >= 11 is 5.95. The van der Waals surface area contributed by atoms with Gasteiger partial charge in [0.05, 0.1) is 31.1 Å². The summed E-state index contributed by atoms with van der Waals surface area (Å²) in [6.45, 7) is 12.7. The summed E-state index contributed by atoms with van der Waals surface area (Å²) < 4.78 is 11.5. The van der Waals surface area contributed by atoms with Gasteiger partial charge in [-0.3, -0.25) is 9.69 Å². The van der Waals surface area contributed by atoms with Crippen molar-refractivity contribution >= 4 is 35.0 Å². The molecule has 3 N–H and O–H groups in total. The molecule has 0 unspecified atom stereocenters. The second-order valence-electron chi connectivity index (χ2n) is 9.55. The number of nitrogens with one attached hydrogen (secondary N) is 1. The van der Waals surface area contributed by atoms with Gasteiger partial charge in [-0.15, -0.1) is 0 Å². The van der Waals surface area contributed by atoms with Crippen molar-refractivity contribution in [2.75, 3.05) is 37.3 Å². The standard InChI is InChI=1S/C25H36ClN5O3/c1-15(2)14-33-23(32)13-31-8-6-18(7-9-31)19-11-22(34-16(3)4)21(10-17(19)5)29-25-28-12-20(26)24(27)30-25/h10-12,15-16,18H,6-9,13-14H2,1-5H3,(H3,27,28,29,30). The average molecular weight is 490 g/mol. The fourth-order valence-corrected chi connectivity index (χ4v) is 4.13. The van der Waals surface area contributed by atoms with Crippen molar-refractivity contribution in [1.29, 1.82) is 0 Å². The molecule has 0 atom stereocenters. The number of nitrogens with zero attached hydrogens (tertiary/aromatic N) is 3. The molecule has 1 aromatic heterocycles. The first-order chi connectivity index (χ1) is 16.1. The minimum atomic E-state index is -0.142. The molecular weight excluding hydrogens is 454 g/mol. The Kier molecular flexibility index (Phi) is 8.97. The largest absolute Gasteiger partial charge is 0.489 e. The van der Waals surface area contributed by atoms with Crippen LogP contribution in [-0.2, 0) is 9.53 Å². The molecule has 9 heteroatoms. The molecule has 1 aromatic carbocycles. The second-order valence-corrected chi connectivity index (χ2v) is 9.96. The third kappa shape index (κ3) is 7.21. The second kappa shape index (κ2) is 11.7. The number of rotatable bonds is 9. The summed E-state index contributed by atoms with van der Waals surface area (Å²) in [5, 5.41) is 3.53. The first kappa shape index (κ1) is 26.0. The molecule has 1 fully saturated rings.